The van der Waals surface area contributed by atoms with Crippen molar-refractivity contribution in [2.45, 2.75) is 39.5 Å². The van der Waals surface area contributed by atoms with Gasteiger partial charge in [-0.25, -0.2) is 9.97 Å². The number of allylic oxidation sites excluding steroid dienone is 1. The molecule has 80 valence electrons. The summed E-state index contributed by atoms with van der Waals surface area (Å²) in [6.07, 6.45) is 8.91. The maximum atomic E-state index is 4.55. The van der Waals surface area contributed by atoms with Crippen molar-refractivity contribution in [3.63, 3.8) is 0 Å². The molecule has 0 aromatic carbocycles. The Hall–Kier alpha value is -1.18. The maximum Gasteiger partial charge on any atom is 0.125 e. The third kappa shape index (κ3) is 2.65. The average molecular weight is 202 g/mol. The van der Waals surface area contributed by atoms with E-state index in [1.807, 2.05) is 13.1 Å². The Bertz CT molecular complexity index is 376. The van der Waals surface area contributed by atoms with E-state index in [4.69, 9.17) is 0 Å². The highest BCUT2D eigenvalue weighted by Gasteiger charge is 2.27. The first-order valence-electron chi connectivity index (χ1n) is 5.68. The van der Waals surface area contributed by atoms with Gasteiger partial charge >= 0.3 is 0 Å². The minimum absolute atomic E-state index is 0.582. The quantitative estimate of drug-likeness (QED) is 0.751. The molecule has 0 saturated heterocycles. The lowest BCUT2D eigenvalue weighted by Crippen LogP contribution is -1.97. The van der Waals surface area contributed by atoms with Gasteiger partial charge in [0, 0.05) is 17.7 Å². The van der Waals surface area contributed by atoms with Crippen LogP contribution in [0.4, 0.5) is 0 Å². The van der Waals surface area contributed by atoms with E-state index in [9.17, 15) is 0 Å². The molecule has 1 fully saturated rings. The van der Waals surface area contributed by atoms with Crippen molar-refractivity contribution in [1.29, 1.82) is 0 Å². The number of aryl methyl sites for hydroxylation is 1. The van der Waals surface area contributed by atoms with Crippen molar-refractivity contribution in [2.75, 3.05) is 0 Å². The van der Waals surface area contributed by atoms with Crippen LogP contribution in [0.15, 0.2) is 12.3 Å². The molecule has 1 aliphatic carbocycles. The van der Waals surface area contributed by atoms with E-state index in [0.717, 1.165) is 5.82 Å². The zero-order valence-corrected chi connectivity index (χ0v) is 9.70. The summed E-state index contributed by atoms with van der Waals surface area (Å²) in [7, 11) is 0. The molecular formula is C13H18N2. The highest BCUT2D eigenvalue weighted by atomic mass is 14.9. The lowest BCUT2D eigenvalue weighted by atomic mass is 10.1. The highest BCUT2D eigenvalue weighted by molar-refractivity contribution is 5.52. The molecule has 0 unspecified atom stereocenters. The van der Waals surface area contributed by atoms with E-state index in [1.165, 1.54) is 24.1 Å². The second kappa shape index (κ2) is 4.13. The number of hydrogen-bond donors (Lipinski definition) is 0. The van der Waals surface area contributed by atoms with Gasteiger partial charge < -0.3 is 0 Å². The molecule has 0 aliphatic heterocycles. The molecule has 1 aromatic heterocycles. The summed E-state index contributed by atoms with van der Waals surface area (Å²) in [5, 5.41) is 0. The van der Waals surface area contributed by atoms with Crippen LogP contribution in [0.5, 0.6) is 0 Å². The van der Waals surface area contributed by atoms with Gasteiger partial charge in [0.05, 0.1) is 5.69 Å². The van der Waals surface area contributed by atoms with E-state index in [1.54, 1.807) is 0 Å². The van der Waals surface area contributed by atoms with Crippen LogP contribution in [-0.2, 0) is 0 Å². The Balaban J connectivity index is 2.29. The van der Waals surface area contributed by atoms with Gasteiger partial charge in [-0.2, -0.15) is 0 Å². The van der Waals surface area contributed by atoms with Gasteiger partial charge in [-0.05, 0) is 25.7 Å². The summed E-state index contributed by atoms with van der Waals surface area (Å²) in [5.41, 5.74) is 2.45. The van der Waals surface area contributed by atoms with Gasteiger partial charge in [-0.15, -0.1) is 0 Å². The molecule has 0 bridgehead atoms. The van der Waals surface area contributed by atoms with Crippen molar-refractivity contribution in [2.24, 2.45) is 5.92 Å². The molecule has 1 heterocycles. The van der Waals surface area contributed by atoms with E-state index in [0.29, 0.717) is 11.8 Å². The molecular weight excluding hydrogens is 184 g/mol. The van der Waals surface area contributed by atoms with Crippen molar-refractivity contribution >= 4 is 6.08 Å². The van der Waals surface area contributed by atoms with Crippen LogP contribution in [0.2, 0.25) is 0 Å². The Kier molecular flexibility index (Phi) is 2.85. The summed E-state index contributed by atoms with van der Waals surface area (Å²) in [4.78, 5) is 8.82. The fourth-order valence-corrected chi connectivity index (χ4v) is 1.61. The zero-order valence-electron chi connectivity index (χ0n) is 9.70. The van der Waals surface area contributed by atoms with Crippen LogP contribution in [0.3, 0.4) is 0 Å². The highest BCUT2D eigenvalue weighted by Crippen LogP contribution is 2.40. The van der Waals surface area contributed by atoms with Crippen LogP contribution in [-0.4, -0.2) is 9.97 Å². The first kappa shape index (κ1) is 10.3. The predicted molar refractivity (Wildman–Crippen MR) is 62.6 cm³/mol. The molecule has 0 amide bonds. The van der Waals surface area contributed by atoms with Crippen LogP contribution in [0, 0.1) is 12.8 Å². The molecule has 0 N–H and O–H groups in total. The summed E-state index contributed by atoms with van der Waals surface area (Å²) in [6, 6.07) is 0. The number of nitrogens with zero attached hydrogens (tertiary/aromatic N) is 2. The Morgan fingerprint density at radius 2 is 2.13 bits per heavy atom. The fraction of sp³-hybridized carbons (Fsp3) is 0.538. The maximum absolute atomic E-state index is 4.55. The predicted octanol–water partition coefficient (Wildman–Crippen LogP) is 3.33. The fourth-order valence-electron chi connectivity index (χ4n) is 1.61. The Labute approximate surface area is 91.5 Å². The molecule has 0 spiro atoms. The van der Waals surface area contributed by atoms with Crippen LogP contribution >= 0.6 is 0 Å². The third-order valence-corrected chi connectivity index (χ3v) is 2.59. The van der Waals surface area contributed by atoms with Gasteiger partial charge in [0.25, 0.3) is 0 Å². The molecule has 2 heteroatoms. The Morgan fingerprint density at radius 3 is 2.73 bits per heavy atom. The minimum Gasteiger partial charge on any atom is -0.241 e. The minimum atomic E-state index is 0.582. The molecule has 2 rings (SSSR count). The van der Waals surface area contributed by atoms with E-state index < -0.39 is 0 Å². The molecule has 1 aliphatic rings. The van der Waals surface area contributed by atoms with Gasteiger partial charge in [0.1, 0.15) is 5.82 Å². The molecule has 0 atom stereocenters. The number of rotatable bonds is 3. The lowest BCUT2D eigenvalue weighted by molar-refractivity contribution is 0.835. The van der Waals surface area contributed by atoms with E-state index in [2.05, 4.69) is 36.0 Å². The smallest absolute Gasteiger partial charge is 0.125 e. The van der Waals surface area contributed by atoms with Crippen molar-refractivity contribution in [3.05, 3.63) is 29.4 Å². The number of hydrogen-bond acceptors (Lipinski definition) is 2. The second-order valence-electron chi connectivity index (χ2n) is 4.64. The van der Waals surface area contributed by atoms with Gasteiger partial charge in [0.2, 0.25) is 0 Å². The average Bonchev–Trinajstić information content (AvgIpc) is 2.98. The molecule has 2 nitrogen and oxygen atoms in total. The summed E-state index contributed by atoms with van der Waals surface area (Å²) in [6.45, 7) is 6.33. The van der Waals surface area contributed by atoms with Crippen molar-refractivity contribution in [1.82, 2.24) is 9.97 Å². The second-order valence-corrected chi connectivity index (χ2v) is 4.64. The monoisotopic (exact) mass is 202 g/mol. The number of aromatic nitrogens is 2. The zero-order chi connectivity index (χ0) is 10.8. The van der Waals surface area contributed by atoms with Crippen LogP contribution in [0.1, 0.15) is 49.7 Å². The first-order valence-corrected chi connectivity index (χ1v) is 5.68. The lowest BCUT2D eigenvalue weighted by Gasteiger charge is -2.04. The van der Waals surface area contributed by atoms with Gasteiger partial charge in [-0.3, -0.25) is 0 Å². The van der Waals surface area contributed by atoms with E-state index >= 15 is 0 Å². The summed E-state index contributed by atoms with van der Waals surface area (Å²) < 4.78 is 0. The topological polar surface area (TPSA) is 25.8 Å². The third-order valence-electron chi connectivity index (χ3n) is 2.59. The molecule has 15 heavy (non-hydrogen) atoms. The van der Waals surface area contributed by atoms with Crippen molar-refractivity contribution in [3.8, 4) is 0 Å². The Morgan fingerprint density at radius 1 is 1.40 bits per heavy atom. The summed E-state index contributed by atoms with van der Waals surface area (Å²) in [5.74, 6) is 2.16. The van der Waals surface area contributed by atoms with E-state index in [-0.39, 0.29) is 0 Å². The standard InChI is InChI=1S/C13H18N2/c1-9(2)4-5-12-8-14-10(3)15-13(12)11-6-7-11/h4-5,8-9,11H,6-7H2,1-3H3/b5-4+. The van der Waals surface area contributed by atoms with Gasteiger partial charge in [0.15, 0.2) is 0 Å². The van der Waals surface area contributed by atoms with Crippen molar-refractivity contribution < 1.29 is 0 Å². The van der Waals surface area contributed by atoms with Gasteiger partial charge in [-0.1, -0.05) is 26.0 Å². The molecule has 1 saturated carbocycles. The normalized spacial score (nSPS) is 16.5. The summed E-state index contributed by atoms with van der Waals surface area (Å²) >= 11 is 0. The molecule has 1 aromatic rings. The molecule has 0 radical (unpaired) electrons. The SMILES string of the molecule is Cc1ncc(/C=C/C(C)C)c(C2CC2)n1. The van der Waals surface area contributed by atoms with Crippen LogP contribution in [0.25, 0.3) is 6.08 Å². The first-order chi connectivity index (χ1) is 7.16. The largest absolute Gasteiger partial charge is 0.241 e. The van der Waals surface area contributed by atoms with Crippen LogP contribution < -0.4 is 0 Å².